The first-order chi connectivity index (χ1) is 8.39. The Morgan fingerprint density at radius 1 is 1.22 bits per heavy atom. The van der Waals surface area contributed by atoms with E-state index in [4.69, 9.17) is 4.74 Å². The van der Waals surface area contributed by atoms with Crippen LogP contribution in [0.3, 0.4) is 0 Å². The third kappa shape index (κ3) is 2.67. The number of fused-ring (bicyclic) bond motifs is 1. The second-order valence-corrected chi connectivity index (χ2v) is 5.38. The molecule has 0 radical (unpaired) electrons. The third-order valence-electron chi connectivity index (χ3n) is 2.55. The Labute approximate surface area is 107 Å². The Kier molecular flexibility index (Phi) is 3.07. The van der Waals surface area contributed by atoms with E-state index in [1.165, 1.54) is 0 Å². The highest BCUT2D eigenvalue weighted by Gasteiger charge is 2.12. The number of ether oxygens (including phenoxy) is 1. The topological polar surface area (TPSA) is 39.2 Å². The average molecular weight is 243 g/mol. The number of aryl methyl sites for hydroxylation is 1. The van der Waals surface area contributed by atoms with E-state index in [-0.39, 0.29) is 5.60 Å². The lowest BCUT2D eigenvalue weighted by atomic mass is 10.1. The van der Waals surface area contributed by atoms with Crippen LogP contribution in [0.4, 0.5) is 0 Å². The first-order valence-electron chi connectivity index (χ1n) is 5.95. The van der Waals surface area contributed by atoms with Gasteiger partial charge in [-0.25, -0.2) is 4.98 Å². The van der Waals surface area contributed by atoms with Gasteiger partial charge in [0.1, 0.15) is 17.0 Å². The zero-order valence-electron chi connectivity index (χ0n) is 11.2. The second kappa shape index (κ2) is 4.41. The highest BCUT2D eigenvalue weighted by atomic mass is 16.5. The van der Waals surface area contributed by atoms with Crippen LogP contribution >= 0.6 is 0 Å². The van der Waals surface area contributed by atoms with Crippen molar-refractivity contribution in [2.75, 3.05) is 0 Å². The fourth-order valence-electron chi connectivity index (χ4n) is 1.88. The van der Waals surface area contributed by atoms with E-state index in [0.717, 1.165) is 28.5 Å². The van der Waals surface area contributed by atoms with Crippen molar-refractivity contribution in [3.63, 3.8) is 0 Å². The van der Waals surface area contributed by atoms with Crippen molar-refractivity contribution in [3.05, 3.63) is 35.5 Å². The van der Waals surface area contributed by atoms with Crippen LogP contribution in [0.5, 0.6) is 5.75 Å². The Balaban J connectivity index is 2.52. The quantitative estimate of drug-likeness (QED) is 0.757. The molecule has 1 aromatic heterocycles. The van der Waals surface area contributed by atoms with E-state index in [2.05, 4.69) is 4.98 Å². The molecule has 0 aliphatic carbocycles. The van der Waals surface area contributed by atoms with Gasteiger partial charge in [-0.1, -0.05) is 0 Å². The summed E-state index contributed by atoms with van der Waals surface area (Å²) in [4.78, 5) is 15.0. The molecule has 0 saturated heterocycles. The van der Waals surface area contributed by atoms with E-state index in [9.17, 15) is 4.79 Å². The van der Waals surface area contributed by atoms with Crippen molar-refractivity contribution >= 4 is 17.2 Å². The first kappa shape index (κ1) is 12.6. The van der Waals surface area contributed by atoms with E-state index < -0.39 is 0 Å². The molecule has 0 aliphatic rings. The number of nitrogens with zero attached hydrogens (tertiary/aromatic N) is 1. The van der Waals surface area contributed by atoms with Gasteiger partial charge in [0.2, 0.25) is 0 Å². The minimum atomic E-state index is -0.224. The molecule has 18 heavy (non-hydrogen) atoms. The molecule has 0 N–H and O–H groups in total. The smallest absolute Gasteiger partial charge is 0.168 e. The molecule has 2 rings (SSSR count). The lowest BCUT2D eigenvalue weighted by Gasteiger charge is -2.21. The highest BCUT2D eigenvalue weighted by Crippen LogP contribution is 2.25. The number of carbonyl (C=O) groups excluding carboxylic acids is 1. The van der Waals surface area contributed by atoms with Crippen molar-refractivity contribution in [1.82, 2.24) is 4.98 Å². The van der Waals surface area contributed by atoms with E-state index in [1.807, 2.05) is 45.9 Å². The summed E-state index contributed by atoms with van der Waals surface area (Å²) in [7, 11) is 0. The molecule has 3 heteroatoms. The highest BCUT2D eigenvalue weighted by molar-refractivity contribution is 5.87. The molecule has 0 spiro atoms. The van der Waals surface area contributed by atoms with Gasteiger partial charge in [0.05, 0.1) is 5.52 Å². The van der Waals surface area contributed by atoms with Crippen molar-refractivity contribution in [1.29, 1.82) is 0 Å². The lowest BCUT2D eigenvalue weighted by molar-refractivity contribution is 0.111. The number of carbonyl (C=O) groups is 1. The summed E-state index contributed by atoms with van der Waals surface area (Å²) in [6.45, 7) is 8.01. The molecule has 1 aromatic carbocycles. The summed E-state index contributed by atoms with van der Waals surface area (Å²) < 4.78 is 5.82. The molecule has 1 heterocycles. The van der Waals surface area contributed by atoms with Crippen LogP contribution in [-0.2, 0) is 0 Å². The molecular weight excluding hydrogens is 226 g/mol. The van der Waals surface area contributed by atoms with Crippen molar-refractivity contribution in [3.8, 4) is 5.75 Å². The Bertz CT molecular complexity index is 597. The summed E-state index contributed by atoms with van der Waals surface area (Å²) in [6, 6.07) is 7.53. The van der Waals surface area contributed by atoms with Crippen molar-refractivity contribution in [2.45, 2.75) is 33.3 Å². The van der Waals surface area contributed by atoms with Gasteiger partial charge in [-0.2, -0.15) is 0 Å². The largest absolute Gasteiger partial charge is 0.488 e. The van der Waals surface area contributed by atoms with Crippen LogP contribution in [0.2, 0.25) is 0 Å². The predicted molar refractivity (Wildman–Crippen MR) is 72.2 cm³/mol. The number of pyridine rings is 1. The molecule has 0 fully saturated rings. The number of hydrogen-bond donors (Lipinski definition) is 0. The molecule has 0 unspecified atom stereocenters. The van der Waals surface area contributed by atoms with E-state index >= 15 is 0 Å². The summed E-state index contributed by atoms with van der Waals surface area (Å²) in [5, 5.41) is 1.02. The van der Waals surface area contributed by atoms with Crippen LogP contribution < -0.4 is 4.74 Å². The zero-order chi connectivity index (χ0) is 13.3. The molecule has 0 bridgehead atoms. The Hall–Kier alpha value is -1.90. The number of aldehydes is 1. The zero-order valence-corrected chi connectivity index (χ0v) is 11.2. The molecule has 0 amide bonds. The molecule has 2 aromatic rings. The minimum Gasteiger partial charge on any atom is -0.488 e. The molecule has 94 valence electrons. The number of benzene rings is 1. The van der Waals surface area contributed by atoms with Crippen LogP contribution in [0, 0.1) is 6.92 Å². The lowest BCUT2D eigenvalue weighted by Crippen LogP contribution is -2.22. The van der Waals surface area contributed by atoms with Gasteiger partial charge in [-0.15, -0.1) is 0 Å². The number of rotatable bonds is 2. The van der Waals surface area contributed by atoms with Crippen LogP contribution in [0.1, 0.15) is 36.8 Å². The molecule has 0 atom stereocenters. The van der Waals surface area contributed by atoms with Gasteiger partial charge in [0.15, 0.2) is 6.29 Å². The third-order valence-corrected chi connectivity index (χ3v) is 2.55. The Morgan fingerprint density at radius 3 is 2.56 bits per heavy atom. The van der Waals surface area contributed by atoms with Gasteiger partial charge in [0, 0.05) is 5.39 Å². The van der Waals surface area contributed by atoms with Gasteiger partial charge >= 0.3 is 0 Å². The van der Waals surface area contributed by atoms with E-state index in [1.54, 1.807) is 6.07 Å². The first-order valence-corrected chi connectivity index (χ1v) is 5.95. The fraction of sp³-hybridized carbons (Fsp3) is 0.333. The maximum absolute atomic E-state index is 10.8. The van der Waals surface area contributed by atoms with Gasteiger partial charge < -0.3 is 4.74 Å². The van der Waals surface area contributed by atoms with Gasteiger partial charge in [-0.3, -0.25) is 4.79 Å². The monoisotopic (exact) mass is 243 g/mol. The summed E-state index contributed by atoms with van der Waals surface area (Å²) >= 11 is 0. The van der Waals surface area contributed by atoms with Gasteiger partial charge in [0.25, 0.3) is 0 Å². The molecule has 0 saturated carbocycles. The van der Waals surface area contributed by atoms with Crippen LogP contribution in [0.25, 0.3) is 10.9 Å². The fourth-order valence-corrected chi connectivity index (χ4v) is 1.88. The van der Waals surface area contributed by atoms with E-state index in [0.29, 0.717) is 5.69 Å². The molecular formula is C15H17NO2. The second-order valence-electron chi connectivity index (χ2n) is 5.38. The van der Waals surface area contributed by atoms with Crippen molar-refractivity contribution < 1.29 is 9.53 Å². The van der Waals surface area contributed by atoms with Crippen molar-refractivity contribution in [2.24, 2.45) is 0 Å². The summed E-state index contributed by atoms with van der Waals surface area (Å²) in [5.74, 6) is 0.818. The predicted octanol–water partition coefficient (Wildman–Crippen LogP) is 3.53. The average Bonchev–Trinajstić information content (AvgIpc) is 2.27. The minimum absolute atomic E-state index is 0.224. The maximum atomic E-state index is 10.8. The standard InChI is InChI=1S/C15H17NO2/c1-10-7-11(9-17)16-14-6-5-12(8-13(10)14)18-15(2,3)4/h5-9H,1-4H3. The molecule has 3 nitrogen and oxygen atoms in total. The summed E-state index contributed by atoms with van der Waals surface area (Å²) in [5.41, 5.74) is 2.09. The normalized spacial score (nSPS) is 11.6. The molecule has 0 aliphatic heterocycles. The van der Waals surface area contributed by atoms with Crippen LogP contribution in [-0.4, -0.2) is 16.9 Å². The summed E-state index contributed by atoms with van der Waals surface area (Å²) in [6.07, 6.45) is 0.770. The van der Waals surface area contributed by atoms with Crippen LogP contribution in [0.15, 0.2) is 24.3 Å². The SMILES string of the molecule is Cc1cc(C=O)nc2ccc(OC(C)(C)C)cc12. The maximum Gasteiger partial charge on any atom is 0.168 e. The Morgan fingerprint density at radius 2 is 1.94 bits per heavy atom. The number of aromatic nitrogens is 1. The van der Waals surface area contributed by atoms with Gasteiger partial charge in [-0.05, 0) is 57.5 Å². The number of hydrogen-bond acceptors (Lipinski definition) is 3.